The summed E-state index contributed by atoms with van der Waals surface area (Å²) in [4.78, 5) is 10.8. The number of aldehydes is 1. The van der Waals surface area contributed by atoms with Crippen molar-refractivity contribution >= 4 is 16.1 Å². The Morgan fingerprint density at radius 1 is 1.47 bits per heavy atom. The third-order valence-corrected chi connectivity index (χ3v) is 5.02. The van der Waals surface area contributed by atoms with E-state index in [-0.39, 0.29) is 5.25 Å². The van der Waals surface area contributed by atoms with Crippen molar-refractivity contribution in [2.75, 3.05) is 0 Å². The monoisotopic (exact) mass is 224 g/mol. The molecule has 1 aliphatic heterocycles. The third-order valence-electron chi connectivity index (χ3n) is 2.79. The van der Waals surface area contributed by atoms with E-state index in [0.29, 0.717) is 17.7 Å². The number of carbonyl (C=O) groups is 1. The van der Waals surface area contributed by atoms with E-state index in [0.717, 1.165) is 17.4 Å². The van der Waals surface area contributed by atoms with Gasteiger partial charge < -0.3 is 4.79 Å². The number of sulfone groups is 1. The minimum atomic E-state index is -3.10. The predicted molar refractivity (Wildman–Crippen MR) is 56.6 cm³/mol. The lowest BCUT2D eigenvalue weighted by atomic mass is 10.1. The Bertz CT molecular complexity index is 503. The fourth-order valence-corrected chi connectivity index (χ4v) is 3.53. The molecule has 1 heterocycles. The standard InChI is InChI=1S/C11H12O3S/c1-8-6-10-7-9(4-5-12)2-3-11(10)15(8,13)14/h2-3,5,7-8H,4,6H2,1H3. The molecule has 0 bridgehead atoms. The Kier molecular flexibility index (Phi) is 2.38. The van der Waals surface area contributed by atoms with Crippen molar-refractivity contribution in [1.29, 1.82) is 0 Å². The van der Waals surface area contributed by atoms with Crippen molar-refractivity contribution < 1.29 is 13.2 Å². The van der Waals surface area contributed by atoms with Gasteiger partial charge in [-0.25, -0.2) is 8.42 Å². The summed E-state index contributed by atoms with van der Waals surface area (Å²) in [6.07, 6.45) is 1.74. The van der Waals surface area contributed by atoms with E-state index in [1.54, 1.807) is 19.1 Å². The molecule has 0 saturated carbocycles. The molecule has 0 aliphatic carbocycles. The number of hydrogen-bond acceptors (Lipinski definition) is 3. The molecule has 1 aromatic rings. The van der Waals surface area contributed by atoms with Crippen LogP contribution in [0, 0.1) is 0 Å². The summed E-state index contributed by atoms with van der Waals surface area (Å²) in [6.45, 7) is 1.72. The summed E-state index contributed by atoms with van der Waals surface area (Å²) < 4.78 is 23.6. The van der Waals surface area contributed by atoms with Gasteiger partial charge in [-0.05, 0) is 30.5 Å². The number of hydrogen-bond donors (Lipinski definition) is 0. The maximum absolute atomic E-state index is 11.8. The van der Waals surface area contributed by atoms with Crippen LogP contribution in [0.15, 0.2) is 23.1 Å². The van der Waals surface area contributed by atoms with Crippen LogP contribution in [0.3, 0.4) is 0 Å². The molecular formula is C11H12O3S. The number of carbonyl (C=O) groups excluding carboxylic acids is 1. The molecule has 3 nitrogen and oxygen atoms in total. The second-order valence-corrected chi connectivity index (χ2v) is 6.21. The second-order valence-electron chi connectivity index (χ2n) is 3.87. The van der Waals surface area contributed by atoms with Crippen molar-refractivity contribution in [3.8, 4) is 0 Å². The molecule has 1 unspecified atom stereocenters. The van der Waals surface area contributed by atoms with Crippen LogP contribution < -0.4 is 0 Å². The minimum absolute atomic E-state index is 0.334. The van der Waals surface area contributed by atoms with Gasteiger partial charge in [0.25, 0.3) is 0 Å². The highest BCUT2D eigenvalue weighted by molar-refractivity contribution is 7.92. The van der Waals surface area contributed by atoms with Crippen LogP contribution in [0.2, 0.25) is 0 Å². The molecule has 4 heteroatoms. The zero-order valence-corrected chi connectivity index (χ0v) is 9.25. The van der Waals surface area contributed by atoms with Crippen LogP contribution in [0.1, 0.15) is 18.1 Å². The lowest BCUT2D eigenvalue weighted by Gasteiger charge is -2.01. The van der Waals surface area contributed by atoms with Gasteiger partial charge in [-0.1, -0.05) is 12.1 Å². The highest BCUT2D eigenvalue weighted by Gasteiger charge is 2.33. The normalized spacial score (nSPS) is 22.3. The number of rotatable bonds is 2. The van der Waals surface area contributed by atoms with Crippen molar-refractivity contribution in [1.82, 2.24) is 0 Å². The summed E-state index contributed by atoms with van der Waals surface area (Å²) in [5.74, 6) is 0. The molecule has 15 heavy (non-hydrogen) atoms. The van der Waals surface area contributed by atoms with E-state index in [1.165, 1.54) is 0 Å². The van der Waals surface area contributed by atoms with Gasteiger partial charge in [-0.2, -0.15) is 0 Å². The molecule has 1 aliphatic rings. The molecular weight excluding hydrogens is 212 g/mol. The Balaban J connectivity index is 2.51. The van der Waals surface area contributed by atoms with E-state index in [2.05, 4.69) is 0 Å². The first-order valence-electron chi connectivity index (χ1n) is 4.85. The maximum Gasteiger partial charge on any atom is 0.181 e. The molecule has 80 valence electrons. The van der Waals surface area contributed by atoms with Crippen molar-refractivity contribution in [2.45, 2.75) is 29.9 Å². The zero-order chi connectivity index (χ0) is 11.1. The Morgan fingerprint density at radius 2 is 2.20 bits per heavy atom. The van der Waals surface area contributed by atoms with E-state index in [4.69, 9.17) is 0 Å². The summed E-state index contributed by atoms with van der Waals surface area (Å²) >= 11 is 0. The molecule has 0 radical (unpaired) electrons. The molecule has 0 N–H and O–H groups in total. The quantitative estimate of drug-likeness (QED) is 0.708. The molecule has 0 spiro atoms. The summed E-state index contributed by atoms with van der Waals surface area (Å²) in [5, 5.41) is -0.334. The molecule has 0 amide bonds. The highest BCUT2D eigenvalue weighted by atomic mass is 32.2. The number of benzene rings is 1. The molecule has 1 atom stereocenters. The Labute approximate surface area is 89.0 Å². The lowest BCUT2D eigenvalue weighted by molar-refractivity contribution is -0.107. The minimum Gasteiger partial charge on any atom is -0.303 e. The highest BCUT2D eigenvalue weighted by Crippen LogP contribution is 2.31. The molecule has 0 aromatic heterocycles. The van der Waals surface area contributed by atoms with Gasteiger partial charge >= 0.3 is 0 Å². The van der Waals surface area contributed by atoms with Gasteiger partial charge in [-0.3, -0.25) is 0 Å². The van der Waals surface area contributed by atoms with Crippen molar-refractivity contribution in [3.63, 3.8) is 0 Å². The maximum atomic E-state index is 11.8. The van der Waals surface area contributed by atoms with E-state index >= 15 is 0 Å². The van der Waals surface area contributed by atoms with Gasteiger partial charge in [0.15, 0.2) is 9.84 Å². The summed E-state index contributed by atoms with van der Waals surface area (Å²) in [5.41, 5.74) is 1.73. The summed E-state index contributed by atoms with van der Waals surface area (Å²) in [6, 6.07) is 5.15. The Morgan fingerprint density at radius 3 is 2.87 bits per heavy atom. The van der Waals surface area contributed by atoms with Crippen molar-refractivity contribution in [3.05, 3.63) is 29.3 Å². The third kappa shape index (κ3) is 1.59. The average molecular weight is 224 g/mol. The van der Waals surface area contributed by atoms with E-state index in [1.807, 2.05) is 6.07 Å². The lowest BCUT2D eigenvalue weighted by Crippen LogP contribution is -2.11. The first-order chi connectivity index (χ1) is 7.05. The van der Waals surface area contributed by atoms with Gasteiger partial charge in [0.2, 0.25) is 0 Å². The molecule has 2 rings (SSSR count). The largest absolute Gasteiger partial charge is 0.303 e. The summed E-state index contributed by atoms with van der Waals surface area (Å²) in [7, 11) is -3.10. The number of fused-ring (bicyclic) bond motifs is 1. The first-order valence-corrected chi connectivity index (χ1v) is 6.39. The van der Waals surface area contributed by atoms with Gasteiger partial charge in [0.1, 0.15) is 6.29 Å². The SMILES string of the molecule is CC1Cc2cc(CC=O)ccc2S1(=O)=O. The van der Waals surface area contributed by atoms with Crippen LogP contribution in [0.25, 0.3) is 0 Å². The molecule has 0 saturated heterocycles. The van der Waals surface area contributed by atoms with Crippen LogP contribution in [0.5, 0.6) is 0 Å². The van der Waals surface area contributed by atoms with Crippen molar-refractivity contribution in [2.24, 2.45) is 0 Å². The van der Waals surface area contributed by atoms with Crippen LogP contribution >= 0.6 is 0 Å². The molecule has 0 fully saturated rings. The fraction of sp³-hybridized carbons (Fsp3) is 0.364. The van der Waals surface area contributed by atoms with Crippen LogP contribution in [-0.2, 0) is 27.5 Å². The average Bonchev–Trinajstić information content (AvgIpc) is 2.38. The van der Waals surface area contributed by atoms with E-state index in [9.17, 15) is 13.2 Å². The van der Waals surface area contributed by atoms with E-state index < -0.39 is 9.84 Å². The second kappa shape index (κ2) is 3.45. The predicted octanol–water partition coefficient (Wildman–Crippen LogP) is 1.15. The zero-order valence-electron chi connectivity index (χ0n) is 8.43. The fourth-order valence-electron chi connectivity index (χ4n) is 1.93. The smallest absolute Gasteiger partial charge is 0.181 e. The Hall–Kier alpha value is -1.16. The van der Waals surface area contributed by atoms with Gasteiger partial charge in [0, 0.05) is 6.42 Å². The topological polar surface area (TPSA) is 51.2 Å². The van der Waals surface area contributed by atoms with Crippen LogP contribution in [0.4, 0.5) is 0 Å². The molecule has 1 aromatic carbocycles. The van der Waals surface area contributed by atoms with Gasteiger partial charge in [-0.15, -0.1) is 0 Å². The first kappa shape index (κ1) is 10.4. The van der Waals surface area contributed by atoms with Crippen LogP contribution in [-0.4, -0.2) is 20.0 Å². The van der Waals surface area contributed by atoms with Gasteiger partial charge in [0.05, 0.1) is 10.1 Å².